The zero-order valence-corrected chi connectivity index (χ0v) is 11.7. The molecule has 0 atom stereocenters. The van der Waals surface area contributed by atoms with Crippen LogP contribution in [0.15, 0.2) is 24.3 Å². The summed E-state index contributed by atoms with van der Waals surface area (Å²) >= 11 is 0. The van der Waals surface area contributed by atoms with E-state index in [-0.39, 0.29) is 5.82 Å². The predicted molar refractivity (Wildman–Crippen MR) is 78.3 cm³/mol. The minimum absolute atomic E-state index is 0.343. The van der Waals surface area contributed by atoms with Crippen molar-refractivity contribution in [3.8, 4) is 0 Å². The van der Waals surface area contributed by atoms with E-state index in [9.17, 15) is 9.18 Å². The molecule has 0 aliphatic heterocycles. The van der Waals surface area contributed by atoms with E-state index in [1.54, 1.807) is 6.07 Å². The van der Waals surface area contributed by atoms with Gasteiger partial charge in [-0.05, 0) is 43.5 Å². The topological polar surface area (TPSA) is 40.5 Å². The van der Waals surface area contributed by atoms with E-state index in [1.165, 1.54) is 18.2 Å². The van der Waals surface area contributed by atoms with Gasteiger partial charge in [-0.15, -0.1) is 0 Å². The molecule has 1 aliphatic rings. The van der Waals surface area contributed by atoms with Crippen molar-refractivity contribution in [3.63, 3.8) is 0 Å². The van der Waals surface area contributed by atoms with Crippen LogP contribution in [0.4, 0.5) is 10.1 Å². The zero-order valence-electron chi connectivity index (χ0n) is 11.7. The number of carboxylic acid groups (broad SMARTS) is 1. The van der Waals surface area contributed by atoms with E-state index in [2.05, 4.69) is 11.8 Å². The summed E-state index contributed by atoms with van der Waals surface area (Å²) < 4.78 is 13.4. The van der Waals surface area contributed by atoms with Gasteiger partial charge in [0, 0.05) is 29.9 Å². The number of hydrogen-bond acceptors (Lipinski definition) is 2. The third-order valence-electron chi connectivity index (χ3n) is 3.44. The number of carbonyl (C=O) groups is 1. The standard InChI is InChI=1S/C16H20FNO2/c1-2-3-10-18(14-6-7-14)15-8-5-13(17)11-12(15)4-9-16(19)20/h4-5,8-9,11,14H,2-3,6-7,10H2,1H3,(H,19,20). The van der Waals surface area contributed by atoms with Crippen LogP contribution in [0.2, 0.25) is 0 Å². The van der Waals surface area contributed by atoms with Crippen molar-refractivity contribution in [3.05, 3.63) is 35.7 Å². The highest BCUT2D eigenvalue weighted by molar-refractivity contribution is 5.87. The molecule has 4 heteroatoms. The molecule has 1 N–H and O–H groups in total. The van der Waals surface area contributed by atoms with Gasteiger partial charge in [-0.25, -0.2) is 9.18 Å². The molecule has 0 spiro atoms. The van der Waals surface area contributed by atoms with Crippen molar-refractivity contribution >= 4 is 17.7 Å². The fraction of sp³-hybridized carbons (Fsp3) is 0.438. The SMILES string of the molecule is CCCCN(c1ccc(F)cc1C=CC(=O)O)C1CC1. The number of carboxylic acids is 1. The number of aliphatic carboxylic acids is 1. The number of halogens is 1. The van der Waals surface area contributed by atoms with E-state index in [1.807, 2.05) is 0 Å². The Morgan fingerprint density at radius 3 is 2.85 bits per heavy atom. The Hall–Kier alpha value is -1.84. The average Bonchev–Trinajstić information content (AvgIpc) is 3.23. The molecule has 1 aromatic carbocycles. The maximum atomic E-state index is 13.4. The minimum Gasteiger partial charge on any atom is -0.478 e. The third kappa shape index (κ3) is 3.83. The Morgan fingerprint density at radius 1 is 1.50 bits per heavy atom. The van der Waals surface area contributed by atoms with Gasteiger partial charge in [-0.2, -0.15) is 0 Å². The molecule has 2 rings (SSSR count). The number of nitrogens with zero attached hydrogens (tertiary/aromatic N) is 1. The van der Waals surface area contributed by atoms with Gasteiger partial charge >= 0.3 is 5.97 Å². The lowest BCUT2D eigenvalue weighted by Gasteiger charge is -2.26. The van der Waals surface area contributed by atoms with Gasteiger partial charge in [0.15, 0.2) is 0 Å². The summed E-state index contributed by atoms with van der Waals surface area (Å²) in [6.45, 7) is 3.07. The van der Waals surface area contributed by atoms with Gasteiger partial charge in [0.05, 0.1) is 0 Å². The zero-order chi connectivity index (χ0) is 14.5. The highest BCUT2D eigenvalue weighted by Gasteiger charge is 2.29. The normalized spacial score (nSPS) is 14.7. The molecule has 0 saturated heterocycles. The Kier molecular flexibility index (Phi) is 4.77. The first-order chi connectivity index (χ1) is 9.61. The Labute approximate surface area is 118 Å². The van der Waals surface area contributed by atoms with Gasteiger partial charge in [0.2, 0.25) is 0 Å². The summed E-state index contributed by atoms with van der Waals surface area (Å²) in [4.78, 5) is 12.9. The van der Waals surface area contributed by atoms with Crippen LogP contribution in [0.3, 0.4) is 0 Å². The van der Waals surface area contributed by atoms with E-state index in [0.717, 1.165) is 44.0 Å². The summed E-state index contributed by atoms with van der Waals surface area (Å²) in [5.41, 5.74) is 1.57. The molecule has 0 amide bonds. The molecule has 3 nitrogen and oxygen atoms in total. The van der Waals surface area contributed by atoms with Crippen molar-refractivity contribution < 1.29 is 14.3 Å². The van der Waals surface area contributed by atoms with Crippen molar-refractivity contribution in [2.24, 2.45) is 0 Å². The lowest BCUT2D eigenvalue weighted by Crippen LogP contribution is -2.27. The van der Waals surface area contributed by atoms with Crippen LogP contribution < -0.4 is 4.90 Å². The third-order valence-corrected chi connectivity index (χ3v) is 3.44. The highest BCUT2D eigenvalue weighted by atomic mass is 19.1. The summed E-state index contributed by atoms with van der Waals surface area (Å²) in [5.74, 6) is -1.36. The van der Waals surface area contributed by atoms with E-state index >= 15 is 0 Å². The van der Waals surface area contributed by atoms with Crippen molar-refractivity contribution in [2.75, 3.05) is 11.4 Å². The molecule has 0 unspecified atom stereocenters. The van der Waals surface area contributed by atoms with E-state index in [4.69, 9.17) is 5.11 Å². The smallest absolute Gasteiger partial charge is 0.328 e. The molecule has 0 aromatic heterocycles. The quantitative estimate of drug-likeness (QED) is 0.773. The maximum absolute atomic E-state index is 13.4. The van der Waals surface area contributed by atoms with Crippen LogP contribution in [0.5, 0.6) is 0 Å². The lowest BCUT2D eigenvalue weighted by molar-refractivity contribution is -0.131. The van der Waals surface area contributed by atoms with Gasteiger partial charge < -0.3 is 10.0 Å². The second-order valence-electron chi connectivity index (χ2n) is 5.15. The summed E-state index contributed by atoms with van der Waals surface area (Å²) in [7, 11) is 0. The average molecular weight is 277 g/mol. The second kappa shape index (κ2) is 6.55. The molecular formula is C16H20FNO2. The van der Waals surface area contributed by atoms with Crippen molar-refractivity contribution in [1.29, 1.82) is 0 Å². The largest absolute Gasteiger partial charge is 0.478 e. The minimum atomic E-state index is -1.02. The van der Waals surface area contributed by atoms with E-state index < -0.39 is 5.97 Å². The lowest BCUT2D eigenvalue weighted by atomic mass is 10.1. The molecule has 0 radical (unpaired) electrons. The van der Waals surface area contributed by atoms with Crippen molar-refractivity contribution in [2.45, 2.75) is 38.6 Å². The summed E-state index contributed by atoms with van der Waals surface area (Å²) in [5, 5.41) is 8.74. The summed E-state index contributed by atoms with van der Waals surface area (Å²) in [6, 6.07) is 5.11. The van der Waals surface area contributed by atoms with Crippen LogP contribution >= 0.6 is 0 Å². The first-order valence-electron chi connectivity index (χ1n) is 7.09. The molecule has 1 fully saturated rings. The Bertz CT molecular complexity index is 509. The Balaban J connectivity index is 2.29. The first-order valence-corrected chi connectivity index (χ1v) is 7.09. The van der Waals surface area contributed by atoms with Gasteiger partial charge in [0.1, 0.15) is 5.82 Å². The van der Waals surface area contributed by atoms with Crippen LogP contribution in [0.25, 0.3) is 6.08 Å². The van der Waals surface area contributed by atoms with Crippen molar-refractivity contribution in [1.82, 2.24) is 0 Å². The monoisotopic (exact) mass is 277 g/mol. The molecular weight excluding hydrogens is 257 g/mol. The van der Waals surface area contributed by atoms with E-state index in [0.29, 0.717) is 11.6 Å². The molecule has 108 valence electrons. The number of anilines is 1. The fourth-order valence-electron chi connectivity index (χ4n) is 2.30. The van der Waals surface area contributed by atoms with Crippen LogP contribution in [0, 0.1) is 5.82 Å². The molecule has 0 heterocycles. The first kappa shape index (κ1) is 14.6. The number of unbranched alkanes of at least 4 members (excludes halogenated alkanes) is 1. The molecule has 1 saturated carbocycles. The maximum Gasteiger partial charge on any atom is 0.328 e. The number of rotatable bonds is 7. The van der Waals surface area contributed by atoms with Crippen LogP contribution in [-0.4, -0.2) is 23.7 Å². The van der Waals surface area contributed by atoms with Gasteiger partial charge in [-0.1, -0.05) is 13.3 Å². The van der Waals surface area contributed by atoms with Crippen LogP contribution in [0.1, 0.15) is 38.2 Å². The Morgan fingerprint density at radius 2 is 2.25 bits per heavy atom. The number of benzene rings is 1. The van der Waals surface area contributed by atoms with Crippen LogP contribution in [-0.2, 0) is 4.79 Å². The molecule has 20 heavy (non-hydrogen) atoms. The summed E-state index contributed by atoms with van der Waals surface area (Å²) in [6.07, 6.45) is 7.03. The molecule has 1 aliphatic carbocycles. The molecule has 1 aromatic rings. The molecule has 0 bridgehead atoms. The number of hydrogen-bond donors (Lipinski definition) is 1. The highest BCUT2D eigenvalue weighted by Crippen LogP contribution is 2.34. The predicted octanol–water partition coefficient (Wildman–Crippen LogP) is 3.69. The fourth-order valence-corrected chi connectivity index (χ4v) is 2.30. The second-order valence-corrected chi connectivity index (χ2v) is 5.15. The van der Waals surface area contributed by atoms with Gasteiger partial charge in [-0.3, -0.25) is 0 Å². The van der Waals surface area contributed by atoms with Gasteiger partial charge in [0.25, 0.3) is 0 Å².